The van der Waals surface area contributed by atoms with Gasteiger partial charge in [0.1, 0.15) is 16.3 Å². The topological polar surface area (TPSA) is 137 Å². The third-order valence-electron chi connectivity index (χ3n) is 7.59. The lowest BCUT2D eigenvalue weighted by Crippen LogP contribution is -2.44. The number of anilines is 3. The van der Waals surface area contributed by atoms with Gasteiger partial charge in [0.2, 0.25) is 0 Å². The summed E-state index contributed by atoms with van der Waals surface area (Å²) in [6, 6.07) is 24.0. The summed E-state index contributed by atoms with van der Waals surface area (Å²) in [5, 5.41) is 2.71. The van der Waals surface area contributed by atoms with Gasteiger partial charge in [0.15, 0.2) is 15.7 Å². The first kappa shape index (κ1) is 27.7. The van der Waals surface area contributed by atoms with Crippen LogP contribution in [-0.2, 0) is 19.3 Å². The Labute approximate surface area is 244 Å². The largest absolute Gasteiger partial charge is 0.417 e. The summed E-state index contributed by atoms with van der Waals surface area (Å²) >= 11 is 0. The van der Waals surface area contributed by atoms with Crippen molar-refractivity contribution in [1.29, 1.82) is 0 Å². The van der Waals surface area contributed by atoms with Crippen LogP contribution in [0.5, 0.6) is 5.75 Å². The van der Waals surface area contributed by atoms with Crippen LogP contribution in [0.2, 0.25) is 0 Å². The zero-order valence-corrected chi connectivity index (χ0v) is 23.9. The first-order valence-corrected chi connectivity index (χ1v) is 15.2. The van der Waals surface area contributed by atoms with E-state index in [0.29, 0.717) is 72.6 Å². The quantitative estimate of drug-likeness (QED) is 0.286. The summed E-state index contributed by atoms with van der Waals surface area (Å²) in [6.07, 6.45) is 0.306. The summed E-state index contributed by atoms with van der Waals surface area (Å²) in [5.74, 6) is 1.49. The van der Waals surface area contributed by atoms with Crippen molar-refractivity contribution >= 4 is 33.1 Å². The van der Waals surface area contributed by atoms with Crippen molar-refractivity contribution in [3.63, 3.8) is 0 Å². The molecule has 3 aromatic carbocycles. The molecule has 1 atom stereocenters. The summed E-state index contributed by atoms with van der Waals surface area (Å²) in [7, 11) is -3.75. The number of nitrogens with two attached hydrogens (primary N) is 1. The molecule has 1 aromatic heterocycles. The molecule has 6 rings (SSSR count). The molecule has 1 aliphatic heterocycles. The molecule has 2 heterocycles. The smallest absolute Gasteiger partial charge is 0.410 e. The molecule has 42 heavy (non-hydrogen) atoms. The van der Waals surface area contributed by atoms with Crippen molar-refractivity contribution in [3.8, 4) is 17.1 Å². The van der Waals surface area contributed by atoms with E-state index >= 15 is 0 Å². The molecular weight excluding hydrogens is 554 g/mol. The molecule has 2 fully saturated rings. The first-order chi connectivity index (χ1) is 20.2. The van der Waals surface area contributed by atoms with Crippen molar-refractivity contribution in [2.75, 3.05) is 35.7 Å². The number of para-hydroxylation sites is 1. The Morgan fingerprint density at radius 3 is 2.40 bits per heavy atom. The summed E-state index contributed by atoms with van der Waals surface area (Å²) < 4.78 is 37.6. The fourth-order valence-electron chi connectivity index (χ4n) is 5.10. The Hall–Kier alpha value is -4.48. The second kappa shape index (κ2) is 11.1. The van der Waals surface area contributed by atoms with Gasteiger partial charge in [-0.1, -0.05) is 18.2 Å². The Morgan fingerprint density at radius 2 is 1.74 bits per heavy atom. The molecule has 0 bridgehead atoms. The molecule has 1 saturated heterocycles. The third-order valence-corrected chi connectivity index (χ3v) is 10.1. The van der Waals surface area contributed by atoms with Gasteiger partial charge in [-0.05, 0) is 80.4 Å². The number of carbonyl (C=O) groups is 1. The highest BCUT2D eigenvalue weighted by Gasteiger charge is 2.58. The second-order valence-electron chi connectivity index (χ2n) is 10.5. The highest BCUT2D eigenvalue weighted by Crippen LogP contribution is 2.55. The van der Waals surface area contributed by atoms with Gasteiger partial charge < -0.3 is 20.1 Å². The molecule has 1 saturated carbocycles. The number of nitrogens with one attached hydrogen (secondary N) is 1. The Bertz CT molecular complexity index is 1690. The molecular formula is C31H31N5O5S. The van der Waals surface area contributed by atoms with Gasteiger partial charge in [0, 0.05) is 29.5 Å². The van der Waals surface area contributed by atoms with Crippen molar-refractivity contribution in [2.24, 2.45) is 0 Å². The van der Waals surface area contributed by atoms with Crippen LogP contribution in [0, 0.1) is 0 Å². The number of benzene rings is 3. The molecule has 1 aliphatic carbocycles. The fraction of sp³-hybridized carbons (Fsp3) is 0.258. The minimum atomic E-state index is -3.75. The van der Waals surface area contributed by atoms with E-state index < -0.39 is 20.7 Å². The number of morpholine rings is 1. The molecule has 10 nitrogen and oxygen atoms in total. The zero-order valence-electron chi connectivity index (χ0n) is 23.1. The fourth-order valence-corrected chi connectivity index (χ4v) is 7.07. The molecule has 11 heteroatoms. The number of hydrogen-bond acceptors (Lipinski definition) is 9. The van der Waals surface area contributed by atoms with E-state index in [-0.39, 0.29) is 10.9 Å². The molecule has 0 radical (unpaired) electrons. The number of hydrogen-bond donors (Lipinski definition) is 2. The predicted octanol–water partition coefficient (Wildman–Crippen LogP) is 5.02. The van der Waals surface area contributed by atoms with Crippen LogP contribution in [0.1, 0.15) is 25.5 Å². The van der Waals surface area contributed by atoms with E-state index in [2.05, 4.69) is 10.2 Å². The number of aromatic nitrogens is 2. The van der Waals surface area contributed by atoms with Gasteiger partial charge in [-0.25, -0.2) is 23.2 Å². The van der Waals surface area contributed by atoms with E-state index in [0.717, 1.165) is 0 Å². The Balaban J connectivity index is 1.33. The number of amides is 1. The van der Waals surface area contributed by atoms with E-state index in [1.165, 1.54) is 0 Å². The highest BCUT2D eigenvalue weighted by atomic mass is 32.2. The monoisotopic (exact) mass is 585 g/mol. The van der Waals surface area contributed by atoms with Gasteiger partial charge in [-0.2, -0.15) is 0 Å². The second-order valence-corrected chi connectivity index (χ2v) is 12.8. The van der Waals surface area contributed by atoms with Crippen molar-refractivity contribution in [3.05, 3.63) is 90.6 Å². The van der Waals surface area contributed by atoms with Crippen LogP contribution in [0.15, 0.2) is 89.8 Å². The lowest BCUT2D eigenvalue weighted by atomic mass is 10.1. The predicted molar refractivity (Wildman–Crippen MR) is 160 cm³/mol. The van der Waals surface area contributed by atoms with Gasteiger partial charge >= 0.3 is 6.09 Å². The number of rotatable bonds is 7. The molecule has 2 aliphatic rings. The lowest BCUT2D eigenvalue weighted by molar-refractivity contribution is 0.0985. The van der Waals surface area contributed by atoms with Gasteiger partial charge in [-0.3, -0.25) is 5.32 Å². The lowest BCUT2D eigenvalue weighted by Gasteiger charge is -2.34. The first-order valence-electron chi connectivity index (χ1n) is 13.7. The molecule has 0 spiro atoms. The minimum absolute atomic E-state index is 0.0559. The number of ether oxygens (including phenoxy) is 2. The standard InChI is InChI=1S/C31H31N5O5S/c1-21-20-40-18-17-36(21)28-19-27(31(15-16-31)42(38,39)26-13-9-23(32)10-14-26)34-29(35-28)22-7-11-24(12-8-22)33-30(37)41-25-5-3-2-4-6-25/h2-14,19,21H,15-18,20,32H2,1H3,(H,33,37)/t21-/m0/s1. The Kier molecular flexibility index (Phi) is 7.29. The average molecular weight is 586 g/mol. The molecule has 216 valence electrons. The van der Waals surface area contributed by atoms with Crippen molar-refractivity contribution in [2.45, 2.75) is 35.4 Å². The maximum Gasteiger partial charge on any atom is 0.417 e. The van der Waals surface area contributed by atoms with E-state index in [4.69, 9.17) is 25.2 Å². The van der Waals surface area contributed by atoms with Crippen molar-refractivity contribution in [1.82, 2.24) is 9.97 Å². The summed E-state index contributed by atoms with van der Waals surface area (Å²) in [4.78, 5) is 24.4. The number of sulfone groups is 1. The van der Waals surface area contributed by atoms with Gasteiger partial charge in [0.25, 0.3) is 0 Å². The number of carbonyl (C=O) groups excluding carboxylic acids is 1. The van der Waals surface area contributed by atoms with Crippen LogP contribution in [0.25, 0.3) is 11.4 Å². The molecule has 0 unspecified atom stereocenters. The summed E-state index contributed by atoms with van der Waals surface area (Å²) in [5.41, 5.74) is 7.99. The maximum absolute atomic E-state index is 13.9. The molecule has 4 aromatic rings. The average Bonchev–Trinajstić information content (AvgIpc) is 3.81. The highest BCUT2D eigenvalue weighted by molar-refractivity contribution is 7.92. The number of nitrogen functional groups attached to an aromatic ring is 1. The van der Waals surface area contributed by atoms with Crippen molar-refractivity contribution < 1.29 is 22.7 Å². The third kappa shape index (κ3) is 5.40. The van der Waals surface area contributed by atoms with Crippen LogP contribution in [0.3, 0.4) is 0 Å². The van der Waals surface area contributed by atoms with Crippen LogP contribution in [-0.4, -0.2) is 50.3 Å². The van der Waals surface area contributed by atoms with Crippen LogP contribution in [0.4, 0.5) is 22.0 Å². The van der Waals surface area contributed by atoms with E-state index in [1.807, 2.05) is 19.1 Å². The number of nitrogens with zero attached hydrogens (tertiary/aromatic N) is 3. The van der Waals surface area contributed by atoms with Gasteiger partial charge in [-0.15, -0.1) is 0 Å². The van der Waals surface area contributed by atoms with E-state index in [1.54, 1.807) is 72.8 Å². The maximum atomic E-state index is 13.9. The molecule has 3 N–H and O–H groups in total. The van der Waals surface area contributed by atoms with E-state index in [9.17, 15) is 13.2 Å². The van der Waals surface area contributed by atoms with Gasteiger partial charge in [0.05, 0.1) is 29.8 Å². The SMILES string of the molecule is C[C@H]1COCCN1c1cc(C2(S(=O)(=O)c3ccc(N)cc3)CC2)nc(-c2ccc(NC(=O)Oc3ccccc3)cc2)n1. The molecule has 1 amide bonds. The van der Waals surface area contributed by atoms with Crippen LogP contribution < -0.4 is 20.7 Å². The minimum Gasteiger partial charge on any atom is -0.410 e. The normalized spacial score (nSPS) is 17.8. The zero-order chi connectivity index (χ0) is 29.3. The van der Waals surface area contributed by atoms with Crippen LogP contribution >= 0.6 is 0 Å². The Morgan fingerprint density at radius 1 is 1.02 bits per heavy atom. The summed E-state index contributed by atoms with van der Waals surface area (Å²) in [6.45, 7) is 3.77.